The van der Waals surface area contributed by atoms with Gasteiger partial charge in [-0.1, -0.05) is 12.1 Å². The highest BCUT2D eigenvalue weighted by molar-refractivity contribution is 7.15. The van der Waals surface area contributed by atoms with Gasteiger partial charge < -0.3 is 4.57 Å². The van der Waals surface area contributed by atoms with Crippen molar-refractivity contribution in [3.63, 3.8) is 0 Å². The molecule has 0 bridgehead atoms. The number of amides is 1. The zero-order valence-corrected chi connectivity index (χ0v) is 12.7. The Morgan fingerprint density at radius 1 is 1.32 bits per heavy atom. The standard InChI is InChI=1S/C16H14FN3OS/c1-20-8-2-3-14(20)15(21)19-16-18-10-13(22-16)9-11-4-6-12(17)7-5-11/h2-8,10H,9H2,1H3,(H,18,19,21). The first kappa shape index (κ1) is 14.5. The molecule has 0 aliphatic heterocycles. The number of thiazole rings is 1. The summed E-state index contributed by atoms with van der Waals surface area (Å²) in [5.41, 5.74) is 1.58. The summed E-state index contributed by atoms with van der Waals surface area (Å²) in [6.45, 7) is 0. The number of anilines is 1. The zero-order chi connectivity index (χ0) is 15.5. The van der Waals surface area contributed by atoms with E-state index in [4.69, 9.17) is 0 Å². The summed E-state index contributed by atoms with van der Waals surface area (Å²) < 4.78 is 14.6. The molecule has 3 aromatic rings. The largest absolute Gasteiger partial charge is 0.347 e. The molecular weight excluding hydrogens is 301 g/mol. The van der Waals surface area contributed by atoms with Crippen molar-refractivity contribution < 1.29 is 9.18 Å². The molecule has 0 atom stereocenters. The molecule has 112 valence electrons. The minimum atomic E-state index is -0.247. The van der Waals surface area contributed by atoms with Crippen LogP contribution in [0.15, 0.2) is 48.8 Å². The van der Waals surface area contributed by atoms with E-state index >= 15 is 0 Å². The predicted molar refractivity (Wildman–Crippen MR) is 84.7 cm³/mol. The van der Waals surface area contributed by atoms with Crippen molar-refractivity contribution in [1.82, 2.24) is 9.55 Å². The molecule has 0 aliphatic carbocycles. The maximum Gasteiger partial charge on any atom is 0.274 e. The van der Waals surface area contributed by atoms with Crippen LogP contribution in [-0.2, 0) is 13.5 Å². The van der Waals surface area contributed by atoms with Gasteiger partial charge in [-0.2, -0.15) is 0 Å². The van der Waals surface area contributed by atoms with Gasteiger partial charge in [0.15, 0.2) is 5.13 Å². The van der Waals surface area contributed by atoms with Gasteiger partial charge in [-0.15, -0.1) is 11.3 Å². The van der Waals surface area contributed by atoms with Crippen LogP contribution in [0.1, 0.15) is 20.9 Å². The van der Waals surface area contributed by atoms with E-state index in [0.717, 1.165) is 10.4 Å². The van der Waals surface area contributed by atoms with Gasteiger partial charge in [0.2, 0.25) is 0 Å². The van der Waals surface area contributed by atoms with Crippen LogP contribution in [0.2, 0.25) is 0 Å². The van der Waals surface area contributed by atoms with Gasteiger partial charge >= 0.3 is 0 Å². The molecule has 0 saturated heterocycles. The Kier molecular flexibility index (Phi) is 4.02. The molecule has 2 aromatic heterocycles. The van der Waals surface area contributed by atoms with Crippen LogP contribution in [0, 0.1) is 5.82 Å². The number of carbonyl (C=O) groups excluding carboxylic acids is 1. The van der Waals surface area contributed by atoms with Crippen molar-refractivity contribution in [2.45, 2.75) is 6.42 Å². The molecule has 0 radical (unpaired) electrons. The Morgan fingerprint density at radius 3 is 2.77 bits per heavy atom. The third kappa shape index (κ3) is 3.23. The third-order valence-electron chi connectivity index (χ3n) is 3.24. The van der Waals surface area contributed by atoms with E-state index in [1.54, 1.807) is 29.0 Å². The Morgan fingerprint density at radius 2 is 2.09 bits per heavy atom. The van der Waals surface area contributed by atoms with E-state index in [9.17, 15) is 9.18 Å². The number of carbonyl (C=O) groups is 1. The number of nitrogens with one attached hydrogen (secondary N) is 1. The lowest BCUT2D eigenvalue weighted by Crippen LogP contribution is -2.14. The lowest BCUT2D eigenvalue weighted by Gasteiger charge is -2.02. The van der Waals surface area contributed by atoms with E-state index in [0.29, 0.717) is 17.2 Å². The number of hydrogen-bond donors (Lipinski definition) is 1. The van der Waals surface area contributed by atoms with Crippen molar-refractivity contribution in [3.8, 4) is 0 Å². The summed E-state index contributed by atoms with van der Waals surface area (Å²) in [6, 6.07) is 9.94. The first-order valence-electron chi connectivity index (χ1n) is 6.73. The molecule has 0 saturated carbocycles. The number of benzene rings is 1. The second kappa shape index (κ2) is 6.11. The van der Waals surface area contributed by atoms with Gasteiger partial charge in [-0.25, -0.2) is 9.37 Å². The Bertz CT molecular complexity index is 792. The van der Waals surface area contributed by atoms with Crippen LogP contribution in [0.4, 0.5) is 9.52 Å². The average molecular weight is 315 g/mol. The highest BCUT2D eigenvalue weighted by atomic mass is 32.1. The Balaban J connectivity index is 1.67. The molecule has 0 unspecified atom stereocenters. The van der Waals surface area contributed by atoms with E-state index in [-0.39, 0.29) is 11.7 Å². The molecule has 1 N–H and O–H groups in total. The summed E-state index contributed by atoms with van der Waals surface area (Å²) in [6.07, 6.45) is 4.21. The lowest BCUT2D eigenvalue weighted by molar-refractivity contribution is 0.101. The van der Waals surface area contributed by atoms with Crippen LogP contribution in [0.3, 0.4) is 0 Å². The maximum atomic E-state index is 12.9. The van der Waals surface area contributed by atoms with E-state index < -0.39 is 0 Å². The van der Waals surface area contributed by atoms with Gasteiger partial charge in [0.1, 0.15) is 11.5 Å². The maximum absolute atomic E-state index is 12.9. The van der Waals surface area contributed by atoms with Crippen LogP contribution < -0.4 is 5.32 Å². The first-order valence-corrected chi connectivity index (χ1v) is 7.55. The van der Waals surface area contributed by atoms with Gasteiger partial charge in [-0.05, 0) is 29.8 Å². The summed E-state index contributed by atoms with van der Waals surface area (Å²) in [4.78, 5) is 17.3. The molecule has 3 rings (SSSR count). The normalized spacial score (nSPS) is 10.6. The van der Waals surface area contributed by atoms with Gasteiger partial charge in [0.25, 0.3) is 5.91 Å². The zero-order valence-electron chi connectivity index (χ0n) is 11.9. The molecule has 1 amide bonds. The SMILES string of the molecule is Cn1cccc1C(=O)Nc1ncc(Cc2ccc(F)cc2)s1. The van der Waals surface area contributed by atoms with Crippen molar-refractivity contribution in [2.24, 2.45) is 7.05 Å². The molecule has 4 nitrogen and oxygen atoms in total. The van der Waals surface area contributed by atoms with Gasteiger partial charge in [-0.3, -0.25) is 10.1 Å². The van der Waals surface area contributed by atoms with E-state index in [2.05, 4.69) is 10.3 Å². The summed E-state index contributed by atoms with van der Waals surface area (Å²) in [7, 11) is 1.82. The molecule has 0 aliphatic rings. The molecule has 1 aromatic carbocycles. The van der Waals surface area contributed by atoms with Crippen molar-refractivity contribution in [3.05, 3.63) is 70.7 Å². The smallest absolute Gasteiger partial charge is 0.274 e. The fourth-order valence-electron chi connectivity index (χ4n) is 2.11. The molecule has 2 heterocycles. The highest BCUT2D eigenvalue weighted by Gasteiger charge is 2.11. The molecule has 0 spiro atoms. The topological polar surface area (TPSA) is 46.9 Å². The average Bonchev–Trinajstić information content (AvgIpc) is 3.10. The first-order chi connectivity index (χ1) is 10.6. The number of aromatic nitrogens is 2. The van der Waals surface area contributed by atoms with Gasteiger partial charge in [0.05, 0.1) is 0 Å². The fraction of sp³-hybridized carbons (Fsp3) is 0.125. The summed E-state index contributed by atoms with van der Waals surface area (Å²) in [5.74, 6) is -0.432. The Hall–Kier alpha value is -2.47. The molecular formula is C16H14FN3OS. The molecule has 6 heteroatoms. The minimum Gasteiger partial charge on any atom is -0.347 e. The molecule has 22 heavy (non-hydrogen) atoms. The van der Waals surface area contributed by atoms with Crippen molar-refractivity contribution in [2.75, 3.05) is 5.32 Å². The Labute approximate surface area is 131 Å². The second-order valence-corrected chi connectivity index (χ2v) is 6.01. The summed E-state index contributed by atoms with van der Waals surface area (Å²) in [5, 5.41) is 3.35. The van der Waals surface area contributed by atoms with Crippen molar-refractivity contribution in [1.29, 1.82) is 0 Å². The number of aryl methyl sites for hydroxylation is 1. The second-order valence-electron chi connectivity index (χ2n) is 4.89. The summed E-state index contributed by atoms with van der Waals surface area (Å²) >= 11 is 1.42. The predicted octanol–water partition coefficient (Wildman–Crippen LogP) is 3.46. The van der Waals surface area contributed by atoms with Gasteiger partial charge in [0, 0.05) is 30.7 Å². The van der Waals surface area contributed by atoms with Crippen molar-refractivity contribution >= 4 is 22.4 Å². The lowest BCUT2D eigenvalue weighted by atomic mass is 10.1. The number of hydrogen-bond acceptors (Lipinski definition) is 3. The monoisotopic (exact) mass is 315 g/mol. The van der Waals surface area contributed by atoms with Crippen LogP contribution in [-0.4, -0.2) is 15.5 Å². The van der Waals surface area contributed by atoms with E-state index in [1.807, 2.05) is 19.3 Å². The third-order valence-corrected chi connectivity index (χ3v) is 4.15. The number of rotatable bonds is 4. The molecule has 0 fully saturated rings. The fourth-order valence-corrected chi connectivity index (χ4v) is 2.95. The highest BCUT2D eigenvalue weighted by Crippen LogP contribution is 2.22. The van der Waals surface area contributed by atoms with Crippen LogP contribution in [0.5, 0.6) is 0 Å². The minimum absolute atomic E-state index is 0.185. The van der Waals surface area contributed by atoms with E-state index in [1.165, 1.54) is 23.5 Å². The van der Waals surface area contributed by atoms with Crippen LogP contribution in [0.25, 0.3) is 0 Å². The number of nitrogens with zero attached hydrogens (tertiary/aromatic N) is 2. The quantitative estimate of drug-likeness (QED) is 0.801. The van der Waals surface area contributed by atoms with Crippen LogP contribution >= 0.6 is 11.3 Å². The number of halogens is 1.